The number of non-ortho nitro benzene ring substituents is 1. The molecule has 15 nitrogen and oxygen atoms in total. The Kier molecular flexibility index (Phi) is 7.78. The number of rotatable bonds is 9. The third kappa shape index (κ3) is 5.82. The van der Waals surface area contributed by atoms with Gasteiger partial charge in [0.05, 0.1) is 35.1 Å². The van der Waals surface area contributed by atoms with E-state index in [0.29, 0.717) is 5.57 Å². The number of ether oxygens (including phenoxy) is 1. The van der Waals surface area contributed by atoms with Crippen molar-refractivity contribution in [2.24, 2.45) is 17.0 Å². The first-order chi connectivity index (χ1) is 17.1. The number of carbonyl (C=O) groups is 4. The molecule has 4 atom stereocenters. The van der Waals surface area contributed by atoms with E-state index in [9.17, 15) is 42.8 Å². The summed E-state index contributed by atoms with van der Waals surface area (Å²) in [4.78, 5) is 63.0. The molecule has 2 heterocycles. The summed E-state index contributed by atoms with van der Waals surface area (Å²) in [5.74, 6) is -5.05. The van der Waals surface area contributed by atoms with Crippen molar-refractivity contribution in [3.63, 3.8) is 0 Å². The van der Waals surface area contributed by atoms with Crippen LogP contribution in [0.3, 0.4) is 0 Å². The molecule has 1 aromatic rings. The van der Waals surface area contributed by atoms with Crippen LogP contribution in [0.25, 0.3) is 0 Å². The highest BCUT2D eigenvalue weighted by Crippen LogP contribution is 2.47. The predicted molar refractivity (Wildman–Crippen MR) is 124 cm³/mol. The molecule has 0 radical (unpaired) electrons. The number of hydrogen-bond acceptors (Lipinski definition) is 11. The van der Waals surface area contributed by atoms with E-state index in [1.807, 2.05) is 0 Å². The number of nitro benzene ring substituents is 1. The summed E-state index contributed by atoms with van der Waals surface area (Å²) in [6, 6.07) is 3.74. The maximum absolute atomic E-state index is 13.1. The Morgan fingerprint density at radius 1 is 1.27 bits per heavy atom. The molecule has 4 N–H and O–H groups in total. The van der Waals surface area contributed by atoms with Crippen LogP contribution in [0.5, 0.6) is 0 Å². The summed E-state index contributed by atoms with van der Waals surface area (Å²) in [6.45, 7) is 2.60. The lowest BCUT2D eigenvalue weighted by Gasteiger charge is -2.46. The average molecular weight is 540 g/mol. The topological polar surface area (TPSA) is 220 Å². The van der Waals surface area contributed by atoms with Gasteiger partial charge in [0, 0.05) is 24.6 Å². The molecule has 2 aliphatic heterocycles. The summed E-state index contributed by atoms with van der Waals surface area (Å²) in [6.07, 6.45) is -1.02. The van der Waals surface area contributed by atoms with E-state index in [1.165, 1.54) is 18.9 Å². The highest BCUT2D eigenvalue weighted by atomic mass is 32.2. The molecular weight excluding hydrogens is 514 g/mol. The first kappa shape index (κ1) is 27.9. The van der Waals surface area contributed by atoms with Gasteiger partial charge in [-0.2, -0.15) is 8.42 Å². The number of aliphatic hydroxyl groups is 1. The van der Waals surface area contributed by atoms with E-state index < -0.39 is 69.4 Å². The van der Waals surface area contributed by atoms with Gasteiger partial charge in [0.1, 0.15) is 5.70 Å². The van der Waals surface area contributed by atoms with Gasteiger partial charge < -0.3 is 14.7 Å². The Bertz CT molecular complexity index is 1290. The monoisotopic (exact) mass is 539 g/mol. The second-order valence-corrected chi connectivity index (χ2v) is 10.1. The molecule has 1 aromatic carbocycles. The first-order valence-corrected chi connectivity index (χ1v) is 12.4. The molecule has 0 aromatic heterocycles. The average Bonchev–Trinajstić information content (AvgIpc) is 3.00. The second-order valence-electron chi connectivity index (χ2n) is 8.85. The number of carbonyl (C=O) groups excluding carboxylic acids is 4. The molecule has 37 heavy (non-hydrogen) atoms. The third-order valence-electron chi connectivity index (χ3n) is 6.12. The zero-order valence-electron chi connectivity index (χ0n) is 20.0. The Labute approximate surface area is 211 Å². The van der Waals surface area contributed by atoms with E-state index in [0.717, 1.165) is 29.2 Å². The van der Waals surface area contributed by atoms with Crippen LogP contribution in [0.2, 0.25) is 0 Å². The smallest absolute Gasteiger partial charge is 0.362 e. The van der Waals surface area contributed by atoms with Crippen LogP contribution >= 0.6 is 0 Å². The number of likely N-dealkylation sites (N-methyl/N-ethyl adjacent to an activating group) is 1. The van der Waals surface area contributed by atoms with Gasteiger partial charge in [0.25, 0.3) is 15.9 Å². The number of nitrogens with two attached hydrogens (primary N) is 1. The van der Waals surface area contributed by atoms with Gasteiger partial charge in [0.15, 0.2) is 0 Å². The lowest BCUT2D eigenvalue weighted by atomic mass is 9.77. The fourth-order valence-corrected chi connectivity index (χ4v) is 4.92. The number of nitrogens with one attached hydrogen (secondary N) is 1. The van der Waals surface area contributed by atoms with E-state index in [4.69, 9.17) is 9.88 Å². The van der Waals surface area contributed by atoms with Crippen molar-refractivity contribution in [1.29, 1.82) is 0 Å². The molecule has 1 fully saturated rings. The van der Waals surface area contributed by atoms with Gasteiger partial charge in [-0.05, 0) is 31.7 Å². The Morgan fingerprint density at radius 2 is 1.86 bits per heavy atom. The minimum Gasteiger partial charge on any atom is -0.393 e. The van der Waals surface area contributed by atoms with Gasteiger partial charge in [-0.3, -0.25) is 24.6 Å². The van der Waals surface area contributed by atoms with Crippen LogP contribution < -0.4 is 9.86 Å². The highest BCUT2D eigenvalue weighted by molar-refractivity contribution is 7.87. The summed E-state index contributed by atoms with van der Waals surface area (Å²) in [5.41, 5.74) is -0.315. The molecule has 2 amide bonds. The maximum Gasteiger partial charge on any atom is 0.362 e. The number of fused-ring (bicyclic) bond motifs is 1. The summed E-state index contributed by atoms with van der Waals surface area (Å²) < 4.78 is 28.8. The number of esters is 2. The highest BCUT2D eigenvalue weighted by Gasteiger charge is 2.60. The van der Waals surface area contributed by atoms with E-state index in [1.54, 1.807) is 11.6 Å². The standard InChI is InChI=1S/C21H25N5O10S/c1-10-14(8-24(3)9-15(28)23-37(22,34)35)18(25-17(10)16(11(2)27)19(25)29)21(31)36-20(30)12-4-6-13(7-5-12)26(32)33/h4-7,10-11,16-17,27H,8-9H2,1-3H3,(H,23,28)(H2,22,34,35)/t10-,11+,16+,17+/m0/s1. The molecule has 200 valence electrons. The second kappa shape index (κ2) is 10.3. The molecule has 0 spiro atoms. The number of β-lactam (4-membered cyclic amide) rings is 1. The Balaban J connectivity index is 1.86. The number of nitrogens with zero attached hydrogens (tertiary/aromatic N) is 3. The van der Waals surface area contributed by atoms with E-state index in [2.05, 4.69) is 0 Å². The van der Waals surface area contributed by atoms with Gasteiger partial charge in [0.2, 0.25) is 11.8 Å². The summed E-state index contributed by atoms with van der Waals surface area (Å²) in [5, 5.41) is 25.7. The van der Waals surface area contributed by atoms with Gasteiger partial charge in [-0.15, -0.1) is 0 Å². The lowest BCUT2D eigenvalue weighted by Crippen LogP contribution is -2.63. The third-order valence-corrected chi connectivity index (χ3v) is 6.63. The van der Waals surface area contributed by atoms with Crippen LogP contribution in [0.1, 0.15) is 24.2 Å². The number of aliphatic hydroxyl groups excluding tert-OH is 1. The quantitative estimate of drug-likeness (QED) is 0.109. The van der Waals surface area contributed by atoms with Crippen LogP contribution in [-0.2, 0) is 29.3 Å². The van der Waals surface area contributed by atoms with E-state index >= 15 is 0 Å². The molecule has 16 heteroatoms. The van der Waals surface area contributed by atoms with Crippen LogP contribution in [0.15, 0.2) is 35.5 Å². The van der Waals surface area contributed by atoms with Gasteiger partial charge >= 0.3 is 11.9 Å². The van der Waals surface area contributed by atoms with Crippen molar-refractivity contribution in [3.8, 4) is 0 Å². The SMILES string of the molecule is C[C@@H](O)[C@H]1C(=O)N2C(C(=O)OC(=O)c3ccc([N+](=O)[O-])cc3)=C(CN(C)CC(=O)NS(N)(=O)=O)[C@H](C)[C@H]12. The van der Waals surface area contributed by atoms with Crippen molar-refractivity contribution < 1.29 is 42.4 Å². The lowest BCUT2D eigenvalue weighted by molar-refractivity contribution is -0.384. The minimum absolute atomic E-state index is 0.0951. The van der Waals surface area contributed by atoms with Crippen molar-refractivity contribution in [2.75, 3.05) is 20.1 Å². The van der Waals surface area contributed by atoms with Crippen LogP contribution in [-0.4, -0.2) is 84.3 Å². The summed E-state index contributed by atoms with van der Waals surface area (Å²) >= 11 is 0. The van der Waals surface area contributed by atoms with Crippen molar-refractivity contribution in [2.45, 2.75) is 26.0 Å². The van der Waals surface area contributed by atoms with Crippen molar-refractivity contribution >= 4 is 39.6 Å². The summed E-state index contributed by atoms with van der Waals surface area (Å²) in [7, 11) is -2.82. The molecule has 0 saturated carbocycles. The molecule has 0 unspecified atom stereocenters. The zero-order valence-corrected chi connectivity index (χ0v) is 20.8. The maximum atomic E-state index is 13.1. The van der Waals surface area contributed by atoms with Gasteiger partial charge in [-0.1, -0.05) is 6.92 Å². The molecule has 3 rings (SSSR count). The Hall–Kier alpha value is -3.73. The van der Waals surface area contributed by atoms with Gasteiger partial charge in [-0.25, -0.2) is 19.5 Å². The predicted octanol–water partition coefficient (Wildman–Crippen LogP) is -1.36. The molecular formula is C21H25N5O10S. The van der Waals surface area contributed by atoms with Crippen molar-refractivity contribution in [1.82, 2.24) is 14.5 Å². The van der Waals surface area contributed by atoms with Crippen molar-refractivity contribution in [3.05, 3.63) is 51.2 Å². The van der Waals surface area contributed by atoms with E-state index in [-0.39, 0.29) is 23.5 Å². The zero-order chi connectivity index (χ0) is 27.8. The fraction of sp³-hybridized carbons (Fsp3) is 0.429. The number of nitro groups is 1. The molecule has 2 aliphatic rings. The van der Waals surface area contributed by atoms with Crippen LogP contribution in [0.4, 0.5) is 5.69 Å². The molecule has 1 saturated heterocycles. The Morgan fingerprint density at radius 3 is 2.38 bits per heavy atom. The first-order valence-electron chi connectivity index (χ1n) is 10.9. The molecule has 0 bridgehead atoms. The molecule has 0 aliphatic carbocycles. The number of hydrogen-bond donors (Lipinski definition) is 3. The van der Waals surface area contributed by atoms with Crippen LogP contribution in [0, 0.1) is 22.0 Å². The fourth-order valence-electron chi connectivity index (χ4n) is 4.54. The normalized spacial score (nSPS) is 21.8. The largest absolute Gasteiger partial charge is 0.393 e. The minimum atomic E-state index is -4.28. The number of amides is 2. The number of benzene rings is 1.